The average Bonchev–Trinajstić information content (AvgIpc) is 3.07. The Morgan fingerprint density at radius 3 is 2.69 bits per heavy atom. The van der Waals surface area contributed by atoms with E-state index in [9.17, 15) is 9.18 Å². The zero-order valence-electron chi connectivity index (χ0n) is 8.87. The maximum absolute atomic E-state index is 13.2. The van der Waals surface area contributed by atoms with Crippen LogP contribution < -0.4 is 5.32 Å². The van der Waals surface area contributed by atoms with E-state index < -0.39 is 11.7 Å². The summed E-state index contributed by atoms with van der Waals surface area (Å²) in [7, 11) is 0. The summed E-state index contributed by atoms with van der Waals surface area (Å²) in [5.74, 6) is -0.938. The molecular weight excluding hydrogens is 209 g/mol. The maximum Gasteiger partial charge on any atom is 0.254 e. The summed E-state index contributed by atoms with van der Waals surface area (Å²) in [6.45, 7) is 0.487. The Balaban J connectivity index is 1.96. The van der Waals surface area contributed by atoms with Gasteiger partial charge in [-0.1, -0.05) is 12.1 Å². The molecule has 0 aromatic heterocycles. The molecule has 2 N–H and O–H groups in total. The Morgan fingerprint density at radius 2 is 2.12 bits per heavy atom. The molecule has 1 saturated carbocycles. The van der Waals surface area contributed by atoms with Crippen LogP contribution in [0.4, 0.5) is 4.39 Å². The first-order chi connectivity index (χ1) is 7.67. The molecule has 0 spiro atoms. The topological polar surface area (TPSA) is 49.3 Å². The van der Waals surface area contributed by atoms with Crippen LogP contribution in [0.2, 0.25) is 0 Å². The third-order valence-corrected chi connectivity index (χ3v) is 3.03. The van der Waals surface area contributed by atoms with E-state index in [2.05, 4.69) is 5.32 Å². The largest absolute Gasteiger partial charge is 0.396 e. The molecule has 3 nitrogen and oxygen atoms in total. The predicted octanol–water partition coefficient (Wildman–Crippen LogP) is 1.33. The summed E-state index contributed by atoms with van der Waals surface area (Å²) in [6.07, 6.45) is 1.84. The first kappa shape index (κ1) is 11.1. The van der Waals surface area contributed by atoms with Crippen molar-refractivity contribution in [3.8, 4) is 0 Å². The van der Waals surface area contributed by atoms with Crippen LogP contribution in [-0.2, 0) is 0 Å². The third-order valence-electron chi connectivity index (χ3n) is 3.03. The lowest BCUT2D eigenvalue weighted by molar-refractivity contribution is 0.0931. The van der Waals surface area contributed by atoms with Crippen molar-refractivity contribution >= 4 is 5.91 Å². The smallest absolute Gasteiger partial charge is 0.254 e. The van der Waals surface area contributed by atoms with E-state index in [4.69, 9.17) is 5.11 Å². The van der Waals surface area contributed by atoms with Crippen LogP contribution in [0.25, 0.3) is 0 Å². The lowest BCUT2D eigenvalue weighted by Gasteiger charge is -2.12. The van der Waals surface area contributed by atoms with E-state index in [-0.39, 0.29) is 17.6 Å². The van der Waals surface area contributed by atoms with Crippen molar-refractivity contribution in [2.24, 2.45) is 5.41 Å². The zero-order valence-corrected chi connectivity index (χ0v) is 8.87. The Kier molecular flexibility index (Phi) is 2.92. The number of benzene rings is 1. The van der Waals surface area contributed by atoms with Gasteiger partial charge in [0.2, 0.25) is 0 Å². The van der Waals surface area contributed by atoms with Gasteiger partial charge in [0.15, 0.2) is 0 Å². The molecule has 4 heteroatoms. The lowest BCUT2D eigenvalue weighted by Crippen LogP contribution is -2.32. The fraction of sp³-hybridized carbons (Fsp3) is 0.417. The minimum Gasteiger partial charge on any atom is -0.396 e. The zero-order chi connectivity index (χ0) is 11.6. The van der Waals surface area contributed by atoms with Gasteiger partial charge in [-0.05, 0) is 25.0 Å². The van der Waals surface area contributed by atoms with E-state index in [1.807, 2.05) is 0 Å². The van der Waals surface area contributed by atoms with Crippen molar-refractivity contribution in [3.63, 3.8) is 0 Å². The number of hydrogen-bond acceptors (Lipinski definition) is 2. The SMILES string of the molecule is O=C(NCC1(CO)CC1)c1ccccc1F. The number of carbonyl (C=O) groups excluding carboxylic acids is 1. The first-order valence-electron chi connectivity index (χ1n) is 5.30. The van der Waals surface area contributed by atoms with Crippen molar-refractivity contribution < 1.29 is 14.3 Å². The monoisotopic (exact) mass is 223 g/mol. The Bertz CT molecular complexity index is 402. The summed E-state index contributed by atoms with van der Waals surface area (Å²) in [4.78, 5) is 11.6. The highest BCUT2D eigenvalue weighted by molar-refractivity contribution is 5.94. The van der Waals surface area contributed by atoms with Gasteiger partial charge >= 0.3 is 0 Å². The van der Waals surface area contributed by atoms with Gasteiger partial charge in [0, 0.05) is 12.0 Å². The second kappa shape index (κ2) is 4.22. The highest BCUT2D eigenvalue weighted by Gasteiger charge is 2.42. The van der Waals surface area contributed by atoms with Gasteiger partial charge in [-0.3, -0.25) is 4.79 Å². The minimum absolute atomic E-state index is 0.0521. The molecule has 0 heterocycles. The van der Waals surface area contributed by atoms with Crippen molar-refractivity contribution in [1.82, 2.24) is 5.32 Å². The van der Waals surface area contributed by atoms with Crippen molar-refractivity contribution in [2.45, 2.75) is 12.8 Å². The third kappa shape index (κ3) is 2.22. The van der Waals surface area contributed by atoms with Crippen LogP contribution in [-0.4, -0.2) is 24.2 Å². The van der Waals surface area contributed by atoms with Gasteiger partial charge in [-0.15, -0.1) is 0 Å². The van der Waals surface area contributed by atoms with Crippen molar-refractivity contribution in [2.75, 3.05) is 13.2 Å². The average molecular weight is 223 g/mol. The van der Waals surface area contributed by atoms with Crippen molar-refractivity contribution in [3.05, 3.63) is 35.6 Å². The van der Waals surface area contributed by atoms with Gasteiger partial charge < -0.3 is 10.4 Å². The molecule has 86 valence electrons. The molecule has 0 unspecified atom stereocenters. The van der Waals surface area contributed by atoms with Gasteiger partial charge in [0.1, 0.15) is 5.82 Å². The van der Waals surface area contributed by atoms with Crippen LogP contribution in [0, 0.1) is 11.2 Å². The number of amides is 1. The fourth-order valence-electron chi connectivity index (χ4n) is 1.58. The number of aliphatic hydroxyl groups excluding tert-OH is 1. The Labute approximate surface area is 93.3 Å². The van der Waals surface area contributed by atoms with Crippen molar-refractivity contribution in [1.29, 1.82) is 0 Å². The van der Waals surface area contributed by atoms with E-state index in [0.717, 1.165) is 12.8 Å². The fourth-order valence-corrected chi connectivity index (χ4v) is 1.58. The molecule has 1 aliphatic carbocycles. The number of aliphatic hydroxyl groups is 1. The molecule has 1 aromatic rings. The van der Waals surface area contributed by atoms with Gasteiger partial charge in [0.05, 0.1) is 12.2 Å². The number of rotatable bonds is 4. The molecule has 16 heavy (non-hydrogen) atoms. The summed E-state index contributed by atoms with van der Waals surface area (Å²) in [6, 6.07) is 5.87. The summed E-state index contributed by atoms with van der Waals surface area (Å²) in [5, 5.41) is 11.7. The number of carbonyl (C=O) groups is 1. The predicted molar refractivity (Wildman–Crippen MR) is 57.5 cm³/mol. The molecule has 0 saturated heterocycles. The van der Waals surface area contributed by atoms with Crippen LogP contribution >= 0.6 is 0 Å². The van der Waals surface area contributed by atoms with Crippen LogP contribution in [0.1, 0.15) is 23.2 Å². The Morgan fingerprint density at radius 1 is 1.44 bits per heavy atom. The number of halogens is 1. The lowest BCUT2D eigenvalue weighted by atomic mass is 10.1. The second-order valence-electron chi connectivity index (χ2n) is 4.32. The van der Waals surface area contributed by atoms with E-state index in [0.29, 0.717) is 6.54 Å². The molecule has 0 aliphatic heterocycles. The molecule has 0 radical (unpaired) electrons. The summed E-state index contributed by atoms with van der Waals surface area (Å²) < 4.78 is 13.2. The van der Waals surface area contributed by atoms with Crippen LogP contribution in [0.3, 0.4) is 0 Å². The highest BCUT2D eigenvalue weighted by Crippen LogP contribution is 2.44. The van der Waals surface area contributed by atoms with Gasteiger partial charge in [-0.25, -0.2) is 4.39 Å². The van der Waals surface area contributed by atoms with Crippen LogP contribution in [0.5, 0.6) is 0 Å². The summed E-state index contributed by atoms with van der Waals surface area (Å²) >= 11 is 0. The number of hydrogen-bond donors (Lipinski definition) is 2. The van der Waals surface area contributed by atoms with E-state index in [1.165, 1.54) is 12.1 Å². The van der Waals surface area contributed by atoms with Crippen LogP contribution in [0.15, 0.2) is 24.3 Å². The Hall–Kier alpha value is -1.42. The quantitative estimate of drug-likeness (QED) is 0.809. The number of nitrogens with one attached hydrogen (secondary N) is 1. The molecule has 0 atom stereocenters. The molecule has 1 aliphatic rings. The molecule has 1 amide bonds. The first-order valence-corrected chi connectivity index (χ1v) is 5.30. The molecule has 1 aromatic carbocycles. The molecule has 1 fully saturated rings. The molecule has 2 rings (SSSR count). The van der Waals surface area contributed by atoms with E-state index in [1.54, 1.807) is 12.1 Å². The normalized spacial score (nSPS) is 16.9. The standard InChI is InChI=1S/C12H14FNO2/c13-10-4-2-1-3-9(10)11(16)14-7-12(8-15)5-6-12/h1-4,15H,5-8H2,(H,14,16). The van der Waals surface area contributed by atoms with E-state index >= 15 is 0 Å². The molecular formula is C12H14FNO2. The summed E-state index contributed by atoms with van der Waals surface area (Å²) in [5.41, 5.74) is -0.0998. The van der Waals surface area contributed by atoms with Gasteiger partial charge in [-0.2, -0.15) is 0 Å². The minimum atomic E-state index is -0.520. The highest BCUT2D eigenvalue weighted by atomic mass is 19.1. The molecule has 0 bridgehead atoms. The van der Waals surface area contributed by atoms with Gasteiger partial charge in [0.25, 0.3) is 5.91 Å². The second-order valence-corrected chi connectivity index (χ2v) is 4.32. The maximum atomic E-state index is 13.2.